The molecule has 0 aliphatic heterocycles. The van der Waals surface area contributed by atoms with Crippen molar-refractivity contribution in [2.75, 3.05) is 0 Å². The number of ether oxygens (including phenoxy) is 1. The maximum absolute atomic E-state index is 14.2. The van der Waals surface area contributed by atoms with Crippen molar-refractivity contribution in [1.29, 1.82) is 0 Å². The monoisotopic (exact) mass is 474 g/mol. The first-order valence-electron chi connectivity index (χ1n) is 10.3. The molecule has 0 saturated carbocycles. The van der Waals surface area contributed by atoms with Gasteiger partial charge in [0, 0.05) is 11.1 Å². The highest BCUT2D eigenvalue weighted by atomic mass is 19.4. The largest absolute Gasteiger partial charge is 0.543 e. The molecule has 0 fully saturated rings. The lowest BCUT2D eigenvalue weighted by Crippen LogP contribution is -2.23. The zero-order valence-corrected chi connectivity index (χ0v) is 17.6. The lowest BCUT2D eigenvalue weighted by Gasteiger charge is -2.16. The predicted octanol–water partition coefficient (Wildman–Crippen LogP) is 5.42. The summed E-state index contributed by atoms with van der Waals surface area (Å²) in [5.74, 6) is -2.82. The molecule has 1 aromatic heterocycles. The van der Waals surface area contributed by atoms with Gasteiger partial charge in [-0.2, -0.15) is 13.2 Å². The van der Waals surface area contributed by atoms with E-state index in [1.54, 1.807) is 6.07 Å². The number of alkyl halides is 3. The molecule has 1 aliphatic carbocycles. The van der Waals surface area contributed by atoms with E-state index in [2.05, 4.69) is 4.98 Å². The summed E-state index contributed by atoms with van der Waals surface area (Å²) in [7, 11) is 0. The van der Waals surface area contributed by atoms with Crippen molar-refractivity contribution in [1.82, 2.24) is 4.98 Å². The molecule has 2 aromatic carbocycles. The zero-order valence-electron chi connectivity index (χ0n) is 17.6. The van der Waals surface area contributed by atoms with Gasteiger partial charge in [0.2, 0.25) is 0 Å². The van der Waals surface area contributed by atoms with Crippen LogP contribution in [0.5, 0.6) is 5.75 Å². The number of nitrogens with zero attached hydrogens (tertiary/aromatic N) is 1. The van der Waals surface area contributed by atoms with Crippen molar-refractivity contribution in [3.05, 3.63) is 94.3 Å². The average Bonchev–Trinajstić information content (AvgIpc) is 3.28. The molecule has 0 amide bonds. The minimum Gasteiger partial charge on any atom is -0.543 e. The van der Waals surface area contributed by atoms with Gasteiger partial charge < -0.3 is 14.6 Å². The van der Waals surface area contributed by atoms with Crippen LogP contribution in [0.1, 0.15) is 52.1 Å². The topological polar surface area (TPSA) is 62.2 Å². The Labute approximate surface area is 191 Å². The highest BCUT2D eigenvalue weighted by molar-refractivity contribution is 5.94. The van der Waals surface area contributed by atoms with Crippen LogP contribution in [0.3, 0.4) is 0 Å². The first-order valence-corrected chi connectivity index (χ1v) is 10.3. The van der Waals surface area contributed by atoms with Crippen LogP contribution in [-0.4, -0.2) is 11.0 Å². The second-order valence-electron chi connectivity index (χ2n) is 7.74. The van der Waals surface area contributed by atoms with E-state index in [0.717, 1.165) is 23.8 Å². The third-order valence-electron chi connectivity index (χ3n) is 5.52. The third kappa shape index (κ3) is 4.93. The molecule has 0 unspecified atom stereocenters. The van der Waals surface area contributed by atoms with Crippen molar-refractivity contribution in [3.63, 3.8) is 0 Å². The minimum absolute atomic E-state index is 0.0905. The number of carbonyl (C=O) groups is 1. The van der Waals surface area contributed by atoms with Gasteiger partial charge >= 0.3 is 6.18 Å². The summed E-state index contributed by atoms with van der Waals surface area (Å²) in [6, 6.07) is 10.4. The molecule has 0 atom stereocenters. The molecule has 34 heavy (non-hydrogen) atoms. The van der Waals surface area contributed by atoms with E-state index in [-0.39, 0.29) is 23.6 Å². The van der Waals surface area contributed by atoms with Crippen molar-refractivity contribution >= 4 is 17.1 Å². The number of carbonyl (C=O) groups excluding carboxylic acids is 1. The van der Waals surface area contributed by atoms with Crippen LogP contribution in [0.4, 0.5) is 22.0 Å². The molecular weight excluding hydrogens is 457 g/mol. The van der Waals surface area contributed by atoms with Gasteiger partial charge in [0.05, 0.1) is 22.9 Å². The standard InChI is InChI=1S/C25H18F5NO3/c26-16-9-10-23(34-13-14-7-8-15(11-20(14)27)25(28,29)30)19(12-16)17-3-1-4-18(17)21-5-2-6-22(31-21)24(32)33/h2,5-12H,1,3-4,13H2,(H,32,33)/p-1. The van der Waals surface area contributed by atoms with E-state index >= 15 is 0 Å². The Morgan fingerprint density at radius 3 is 2.47 bits per heavy atom. The number of rotatable bonds is 6. The first kappa shape index (κ1) is 23.4. The summed E-state index contributed by atoms with van der Waals surface area (Å²) in [6.45, 7) is -0.371. The fourth-order valence-electron chi connectivity index (χ4n) is 3.90. The number of halogens is 5. The Bertz CT molecular complexity index is 1280. The highest BCUT2D eigenvalue weighted by Gasteiger charge is 2.31. The normalized spacial score (nSPS) is 13.9. The predicted molar refractivity (Wildman–Crippen MR) is 111 cm³/mol. The number of hydrogen-bond donors (Lipinski definition) is 0. The number of benzene rings is 2. The van der Waals surface area contributed by atoms with Gasteiger partial charge in [-0.15, -0.1) is 0 Å². The minimum atomic E-state index is -4.67. The molecule has 176 valence electrons. The summed E-state index contributed by atoms with van der Waals surface area (Å²) in [5.41, 5.74) is 0.795. The molecule has 1 aliphatic rings. The smallest absolute Gasteiger partial charge is 0.416 e. The number of carboxylic acids is 1. The van der Waals surface area contributed by atoms with Crippen molar-refractivity contribution in [2.24, 2.45) is 0 Å². The maximum atomic E-state index is 14.2. The van der Waals surface area contributed by atoms with Gasteiger partial charge in [-0.25, -0.2) is 13.8 Å². The second kappa shape index (κ2) is 9.24. The number of hydrogen-bond acceptors (Lipinski definition) is 4. The molecule has 4 nitrogen and oxygen atoms in total. The van der Waals surface area contributed by atoms with E-state index in [0.29, 0.717) is 42.2 Å². The van der Waals surface area contributed by atoms with Crippen molar-refractivity contribution < 1.29 is 36.6 Å². The van der Waals surface area contributed by atoms with Gasteiger partial charge in [0.25, 0.3) is 0 Å². The quantitative estimate of drug-likeness (QED) is 0.448. The van der Waals surface area contributed by atoms with Crippen molar-refractivity contribution in [3.8, 4) is 5.75 Å². The molecule has 4 rings (SSSR count). The molecule has 0 radical (unpaired) electrons. The van der Waals surface area contributed by atoms with Crippen LogP contribution in [0.15, 0.2) is 54.6 Å². The Morgan fingerprint density at radius 1 is 1.00 bits per heavy atom. The van der Waals surface area contributed by atoms with E-state index in [1.807, 2.05) is 0 Å². The van der Waals surface area contributed by atoms with E-state index < -0.39 is 29.3 Å². The van der Waals surface area contributed by atoms with Gasteiger partial charge in [0.15, 0.2) is 0 Å². The lowest BCUT2D eigenvalue weighted by molar-refractivity contribution is -0.255. The highest BCUT2D eigenvalue weighted by Crippen LogP contribution is 2.42. The Kier molecular flexibility index (Phi) is 6.37. The number of pyridine rings is 1. The Hall–Kier alpha value is -3.75. The summed E-state index contributed by atoms with van der Waals surface area (Å²) in [6.07, 6.45) is -2.84. The molecule has 0 N–H and O–H groups in total. The maximum Gasteiger partial charge on any atom is 0.416 e. The van der Waals surface area contributed by atoms with Gasteiger partial charge in [-0.3, -0.25) is 0 Å². The summed E-state index contributed by atoms with van der Waals surface area (Å²) in [4.78, 5) is 15.3. The molecule has 3 aromatic rings. The zero-order chi connectivity index (χ0) is 24.5. The third-order valence-corrected chi connectivity index (χ3v) is 5.52. The lowest BCUT2D eigenvalue weighted by atomic mass is 9.98. The molecule has 0 bridgehead atoms. The summed E-state index contributed by atoms with van der Waals surface area (Å²) >= 11 is 0. The van der Waals surface area contributed by atoms with E-state index in [4.69, 9.17) is 4.74 Å². The van der Waals surface area contributed by atoms with Crippen LogP contribution in [0, 0.1) is 11.6 Å². The number of aromatic nitrogens is 1. The van der Waals surface area contributed by atoms with E-state index in [1.165, 1.54) is 24.3 Å². The van der Waals surface area contributed by atoms with Gasteiger partial charge in [-0.1, -0.05) is 12.1 Å². The molecule has 0 spiro atoms. The molecule has 0 saturated heterocycles. The fraction of sp³-hybridized carbons (Fsp3) is 0.200. The fourth-order valence-corrected chi connectivity index (χ4v) is 3.90. The molecule has 1 heterocycles. The van der Waals surface area contributed by atoms with E-state index in [9.17, 15) is 31.9 Å². The summed E-state index contributed by atoms with van der Waals surface area (Å²) < 4.78 is 72.4. The Balaban J connectivity index is 1.67. The van der Waals surface area contributed by atoms with Crippen LogP contribution in [-0.2, 0) is 12.8 Å². The van der Waals surface area contributed by atoms with Gasteiger partial charge in [-0.05, 0) is 72.9 Å². The number of allylic oxidation sites excluding steroid dienone is 2. The van der Waals surface area contributed by atoms with Crippen molar-refractivity contribution in [2.45, 2.75) is 32.0 Å². The second-order valence-corrected chi connectivity index (χ2v) is 7.74. The van der Waals surface area contributed by atoms with Crippen LogP contribution in [0.2, 0.25) is 0 Å². The average molecular weight is 474 g/mol. The van der Waals surface area contributed by atoms with Crippen LogP contribution in [0.25, 0.3) is 11.1 Å². The van der Waals surface area contributed by atoms with Gasteiger partial charge in [0.1, 0.15) is 24.0 Å². The van der Waals surface area contributed by atoms with Crippen LogP contribution < -0.4 is 9.84 Å². The molecular formula is C25H17F5NO3-. The number of carboxylic acid groups (broad SMARTS) is 1. The number of aromatic carboxylic acids is 1. The van der Waals surface area contributed by atoms with Crippen LogP contribution >= 0.6 is 0 Å². The summed E-state index contributed by atoms with van der Waals surface area (Å²) in [5, 5.41) is 11.2. The first-order chi connectivity index (χ1) is 16.1. The molecule has 9 heteroatoms. The SMILES string of the molecule is O=C([O-])c1cccc(C2=C(c3cc(F)ccc3OCc3ccc(C(F)(F)F)cc3F)CCC2)n1. The Morgan fingerprint density at radius 2 is 1.76 bits per heavy atom.